The summed E-state index contributed by atoms with van der Waals surface area (Å²) in [4.78, 5) is 23.9. The van der Waals surface area contributed by atoms with Crippen molar-refractivity contribution in [3.8, 4) is 23.7 Å². The lowest BCUT2D eigenvalue weighted by Gasteiger charge is -2.33. The molecule has 6 nitrogen and oxygen atoms in total. The minimum absolute atomic E-state index is 0.0624. The number of hydrogen-bond donors (Lipinski definition) is 4. The van der Waals surface area contributed by atoms with E-state index in [1.165, 1.54) is 56.4 Å². The number of hydroxylamine groups is 1. The predicted octanol–water partition coefficient (Wildman–Crippen LogP) is 2.93. The van der Waals surface area contributed by atoms with Gasteiger partial charge < -0.3 is 10.4 Å². The van der Waals surface area contributed by atoms with Gasteiger partial charge in [0.15, 0.2) is 5.60 Å². The van der Waals surface area contributed by atoms with Crippen molar-refractivity contribution in [1.29, 1.82) is 0 Å². The van der Waals surface area contributed by atoms with Crippen molar-refractivity contribution in [1.82, 2.24) is 10.8 Å². The molecule has 1 aliphatic carbocycles. The summed E-state index contributed by atoms with van der Waals surface area (Å²) in [5.41, 5.74) is -2.12. The molecule has 32 heavy (non-hydrogen) atoms. The number of carbonyl (C=O) groups is 2. The fourth-order valence-corrected chi connectivity index (χ4v) is 3.34. The van der Waals surface area contributed by atoms with Crippen molar-refractivity contribution < 1.29 is 33.1 Å². The van der Waals surface area contributed by atoms with Crippen LogP contribution in [0.3, 0.4) is 0 Å². The molecule has 0 radical (unpaired) electrons. The third kappa shape index (κ3) is 6.74. The number of halogens is 3. The molecule has 172 valence electrons. The zero-order valence-electron chi connectivity index (χ0n) is 17.6. The Balaban J connectivity index is 2.02. The van der Waals surface area contributed by atoms with Gasteiger partial charge in [-0.05, 0) is 61.8 Å². The molecule has 1 aromatic carbocycles. The number of nitrogens with one attached hydrogen (secondary N) is 2. The highest BCUT2D eigenvalue weighted by atomic mass is 19.4. The van der Waals surface area contributed by atoms with E-state index in [-0.39, 0.29) is 5.56 Å². The second-order valence-corrected chi connectivity index (χ2v) is 7.87. The van der Waals surface area contributed by atoms with Crippen LogP contribution in [0.5, 0.6) is 0 Å². The number of rotatable bonds is 5. The van der Waals surface area contributed by atoms with Crippen LogP contribution in [0.4, 0.5) is 13.2 Å². The third-order valence-electron chi connectivity index (χ3n) is 5.40. The van der Waals surface area contributed by atoms with Crippen molar-refractivity contribution in [3.05, 3.63) is 35.4 Å². The molecule has 1 fully saturated rings. The highest BCUT2D eigenvalue weighted by Gasteiger charge is 2.58. The van der Waals surface area contributed by atoms with Crippen LogP contribution in [-0.2, 0) is 4.79 Å². The maximum absolute atomic E-state index is 13.1. The van der Waals surface area contributed by atoms with E-state index in [0.717, 1.165) is 11.9 Å². The second kappa shape index (κ2) is 11.0. The maximum Gasteiger partial charge on any atom is 0.419 e. The highest BCUT2D eigenvalue weighted by Crippen LogP contribution is 2.33. The van der Waals surface area contributed by atoms with Gasteiger partial charge in [0.05, 0.1) is 0 Å². The number of carbonyl (C=O) groups excluding carboxylic acids is 2. The fraction of sp³-hybridized carbons (Fsp3) is 0.478. The largest absolute Gasteiger partial charge is 0.419 e. The van der Waals surface area contributed by atoms with Gasteiger partial charge in [-0.15, -0.1) is 0 Å². The third-order valence-corrected chi connectivity index (χ3v) is 5.40. The van der Waals surface area contributed by atoms with Crippen LogP contribution in [0.1, 0.15) is 61.4 Å². The molecule has 0 heterocycles. The molecule has 2 rings (SSSR count). The van der Waals surface area contributed by atoms with Crippen molar-refractivity contribution in [2.45, 2.75) is 63.3 Å². The smallest absolute Gasteiger partial charge is 0.379 e. The number of hydrogen-bond acceptors (Lipinski definition) is 4. The zero-order valence-corrected chi connectivity index (χ0v) is 17.6. The zero-order chi connectivity index (χ0) is 23.8. The normalized spacial score (nSPS) is 16.9. The Morgan fingerprint density at radius 1 is 1.12 bits per heavy atom. The van der Waals surface area contributed by atoms with Gasteiger partial charge in [0.25, 0.3) is 11.8 Å². The molecule has 0 bridgehead atoms. The van der Waals surface area contributed by atoms with Crippen LogP contribution in [0, 0.1) is 29.6 Å². The molecule has 2 amide bonds. The summed E-state index contributed by atoms with van der Waals surface area (Å²) in [6.45, 7) is 0.321. The van der Waals surface area contributed by atoms with Crippen molar-refractivity contribution in [2.75, 3.05) is 0 Å². The molecule has 1 aromatic rings. The Morgan fingerprint density at radius 2 is 1.75 bits per heavy atom. The van der Waals surface area contributed by atoms with E-state index in [1.54, 1.807) is 5.32 Å². The molecule has 2 atom stereocenters. The van der Waals surface area contributed by atoms with E-state index in [9.17, 15) is 27.9 Å². The summed E-state index contributed by atoms with van der Waals surface area (Å²) in [7, 11) is 0. The molecule has 1 aliphatic rings. The highest BCUT2D eigenvalue weighted by molar-refractivity contribution is 5.97. The average molecular weight is 450 g/mol. The lowest BCUT2D eigenvalue weighted by molar-refractivity contribution is -0.260. The number of benzene rings is 1. The minimum atomic E-state index is -5.24. The Hall–Kier alpha value is -3.01. The standard InChI is InChI=1S/C23H25F3N2O4/c1-22(31,23(24,25)26)19(21(30)28-32)27-20(29)18-14-12-17(13-15-18)11-7-3-6-10-16-8-4-2-5-9-16/h12-16,19,31-32H,2,4-5,8-10H2,1H3,(H,27,29)(H,28,30). The quantitative estimate of drug-likeness (QED) is 0.315. The Bertz CT molecular complexity index is 928. The fourth-order valence-electron chi connectivity index (χ4n) is 3.34. The lowest BCUT2D eigenvalue weighted by Crippen LogP contribution is -2.64. The Labute approximate surface area is 184 Å². The van der Waals surface area contributed by atoms with Crippen molar-refractivity contribution in [3.63, 3.8) is 0 Å². The minimum Gasteiger partial charge on any atom is -0.379 e. The second-order valence-electron chi connectivity index (χ2n) is 7.87. The molecule has 0 aliphatic heterocycles. The molecular formula is C23H25F3N2O4. The molecule has 4 N–H and O–H groups in total. The monoisotopic (exact) mass is 450 g/mol. The van der Waals surface area contributed by atoms with Gasteiger partial charge in [-0.25, -0.2) is 5.48 Å². The van der Waals surface area contributed by atoms with Gasteiger partial charge in [0, 0.05) is 17.5 Å². The Morgan fingerprint density at radius 3 is 2.31 bits per heavy atom. The van der Waals surface area contributed by atoms with E-state index < -0.39 is 29.6 Å². The predicted molar refractivity (Wildman–Crippen MR) is 110 cm³/mol. The summed E-state index contributed by atoms with van der Waals surface area (Å²) in [6.07, 6.45) is 1.76. The molecular weight excluding hydrogens is 425 g/mol. The van der Waals surface area contributed by atoms with Gasteiger partial charge in [0.1, 0.15) is 6.04 Å². The van der Waals surface area contributed by atoms with Crippen molar-refractivity contribution in [2.24, 2.45) is 5.92 Å². The maximum atomic E-state index is 13.1. The summed E-state index contributed by atoms with van der Waals surface area (Å²) < 4.78 is 39.2. The van der Waals surface area contributed by atoms with Crippen LogP contribution in [0.2, 0.25) is 0 Å². The first kappa shape index (κ1) is 25.3. The van der Waals surface area contributed by atoms with Gasteiger partial charge in [-0.3, -0.25) is 14.8 Å². The summed E-state index contributed by atoms with van der Waals surface area (Å²) >= 11 is 0. The van der Waals surface area contributed by atoms with Crippen molar-refractivity contribution >= 4 is 11.8 Å². The van der Waals surface area contributed by atoms with Gasteiger partial charge in [0.2, 0.25) is 0 Å². The molecule has 0 saturated heterocycles. The number of aliphatic hydroxyl groups is 1. The summed E-state index contributed by atoms with van der Waals surface area (Å²) in [6, 6.07) is 3.11. The first-order valence-corrected chi connectivity index (χ1v) is 10.2. The molecule has 2 unspecified atom stereocenters. The van der Waals surface area contributed by atoms with Crippen LogP contribution in [-0.4, -0.2) is 39.9 Å². The molecule has 0 aromatic heterocycles. The first-order valence-electron chi connectivity index (χ1n) is 10.2. The summed E-state index contributed by atoms with van der Waals surface area (Å²) in [5, 5.41) is 20.2. The van der Waals surface area contributed by atoms with Gasteiger partial charge in [-0.1, -0.05) is 31.1 Å². The van der Waals surface area contributed by atoms with E-state index in [1.807, 2.05) is 0 Å². The molecule has 1 saturated carbocycles. The SMILES string of the molecule is CC(O)(C(NC(=O)c1ccc(C#CC#CCC2CCCCC2)cc1)C(=O)NO)C(F)(F)F. The van der Waals surface area contributed by atoms with E-state index in [4.69, 9.17) is 5.21 Å². The summed E-state index contributed by atoms with van der Waals surface area (Å²) in [5.74, 6) is 9.38. The van der Waals surface area contributed by atoms with Gasteiger partial charge >= 0.3 is 6.18 Å². The van der Waals surface area contributed by atoms with E-state index in [2.05, 4.69) is 23.7 Å². The Kier molecular flexibility index (Phi) is 8.71. The van der Waals surface area contributed by atoms with E-state index in [0.29, 0.717) is 18.4 Å². The van der Waals surface area contributed by atoms with Crippen LogP contribution in [0.25, 0.3) is 0 Å². The average Bonchev–Trinajstić information content (AvgIpc) is 2.76. The first-order chi connectivity index (χ1) is 15.1. The topological polar surface area (TPSA) is 98.7 Å². The number of amides is 2. The van der Waals surface area contributed by atoms with Crippen LogP contribution in [0.15, 0.2) is 24.3 Å². The van der Waals surface area contributed by atoms with E-state index >= 15 is 0 Å². The molecule has 0 spiro atoms. The molecule has 9 heteroatoms. The van der Waals surface area contributed by atoms with Gasteiger partial charge in [-0.2, -0.15) is 13.2 Å². The van der Waals surface area contributed by atoms with Crippen LogP contribution >= 0.6 is 0 Å². The van der Waals surface area contributed by atoms with Crippen LogP contribution < -0.4 is 10.8 Å². The lowest BCUT2D eigenvalue weighted by atomic mass is 9.87. The number of alkyl halides is 3.